The highest BCUT2D eigenvalue weighted by Gasteiger charge is 2.25. The predicted octanol–water partition coefficient (Wildman–Crippen LogP) is 0.109. The minimum Gasteiger partial charge on any atom is -0.464 e. The predicted molar refractivity (Wildman–Crippen MR) is 71.3 cm³/mol. The minimum absolute atomic E-state index is 0.104. The van der Waals surface area contributed by atoms with Crippen molar-refractivity contribution in [2.24, 2.45) is 4.40 Å². The van der Waals surface area contributed by atoms with Crippen molar-refractivity contribution < 1.29 is 27.4 Å². The molecule has 0 amide bonds. The van der Waals surface area contributed by atoms with Gasteiger partial charge in [-0.3, -0.25) is 4.72 Å². The molecule has 0 aliphatic carbocycles. The minimum atomic E-state index is -4.00. The van der Waals surface area contributed by atoms with Crippen molar-refractivity contribution in [1.82, 2.24) is 4.72 Å². The Morgan fingerprint density at radius 1 is 1.33 bits per heavy atom. The number of ether oxygens (including phenoxy) is 3. The SMILES string of the molecule is COC(=O)C1=CC(c2ccc3c(c2)OCO3)=NS(=O)(=O)N1. The standard InChI is InChI=1S/C12H10N2O6S/c1-18-12(15)9-5-8(13-21(16,17)14-9)7-2-3-10-11(4-7)20-6-19-10/h2-5,14H,6H2,1H3. The summed E-state index contributed by atoms with van der Waals surface area (Å²) in [7, 11) is -2.85. The van der Waals surface area contributed by atoms with Gasteiger partial charge < -0.3 is 14.2 Å². The quantitative estimate of drug-likeness (QED) is 0.778. The summed E-state index contributed by atoms with van der Waals surface area (Å²) in [5.74, 6) is 0.249. The lowest BCUT2D eigenvalue weighted by molar-refractivity contribution is -0.136. The smallest absolute Gasteiger partial charge is 0.355 e. The lowest BCUT2D eigenvalue weighted by Gasteiger charge is -2.14. The summed E-state index contributed by atoms with van der Waals surface area (Å²) >= 11 is 0. The molecule has 0 fully saturated rings. The zero-order valence-electron chi connectivity index (χ0n) is 10.8. The molecule has 0 radical (unpaired) electrons. The summed E-state index contributed by atoms with van der Waals surface area (Å²) in [4.78, 5) is 11.5. The van der Waals surface area contributed by atoms with E-state index in [2.05, 4.69) is 9.13 Å². The topological polar surface area (TPSA) is 103 Å². The number of allylic oxidation sites excluding steroid dienone is 1. The Labute approximate surface area is 120 Å². The molecule has 110 valence electrons. The van der Waals surface area contributed by atoms with Crippen molar-refractivity contribution >= 4 is 21.9 Å². The Morgan fingerprint density at radius 2 is 2.10 bits per heavy atom. The van der Waals surface area contributed by atoms with Gasteiger partial charge in [0.1, 0.15) is 5.70 Å². The summed E-state index contributed by atoms with van der Waals surface area (Å²) in [5, 5.41) is 0. The van der Waals surface area contributed by atoms with Crippen molar-refractivity contribution in [2.45, 2.75) is 0 Å². The lowest BCUT2D eigenvalue weighted by Crippen LogP contribution is -2.31. The lowest BCUT2D eigenvalue weighted by atomic mass is 10.1. The fraction of sp³-hybridized carbons (Fsp3) is 0.167. The molecule has 0 atom stereocenters. The van der Waals surface area contributed by atoms with Crippen LogP contribution in [0.1, 0.15) is 5.56 Å². The number of esters is 1. The zero-order valence-corrected chi connectivity index (χ0v) is 11.6. The molecule has 0 bridgehead atoms. The second kappa shape index (κ2) is 4.77. The molecule has 2 aliphatic rings. The first-order valence-corrected chi connectivity index (χ1v) is 7.25. The maximum absolute atomic E-state index is 11.7. The van der Waals surface area contributed by atoms with Gasteiger partial charge in [-0.05, 0) is 24.3 Å². The largest absolute Gasteiger partial charge is 0.464 e. The van der Waals surface area contributed by atoms with Gasteiger partial charge in [0.2, 0.25) is 6.79 Å². The molecule has 0 saturated carbocycles. The van der Waals surface area contributed by atoms with Crippen LogP contribution >= 0.6 is 0 Å². The number of carbonyl (C=O) groups excluding carboxylic acids is 1. The number of nitrogens with one attached hydrogen (secondary N) is 1. The average molecular weight is 310 g/mol. The van der Waals surface area contributed by atoms with Crippen molar-refractivity contribution in [2.75, 3.05) is 13.9 Å². The summed E-state index contributed by atoms with van der Waals surface area (Å²) in [5.41, 5.74) is 0.373. The molecular formula is C12H10N2O6S. The van der Waals surface area contributed by atoms with Crippen LogP contribution in [-0.2, 0) is 19.7 Å². The van der Waals surface area contributed by atoms with Crippen molar-refractivity contribution in [3.63, 3.8) is 0 Å². The highest BCUT2D eigenvalue weighted by molar-refractivity contribution is 7.88. The average Bonchev–Trinajstić information content (AvgIpc) is 2.92. The number of methoxy groups -OCH3 is 1. The fourth-order valence-electron chi connectivity index (χ4n) is 1.89. The Morgan fingerprint density at radius 3 is 2.86 bits per heavy atom. The van der Waals surface area contributed by atoms with E-state index in [9.17, 15) is 13.2 Å². The van der Waals surface area contributed by atoms with Crippen LogP contribution in [0, 0.1) is 0 Å². The van der Waals surface area contributed by atoms with Crippen LogP contribution in [0.25, 0.3) is 0 Å². The van der Waals surface area contributed by atoms with Gasteiger partial charge in [0.05, 0.1) is 12.8 Å². The number of fused-ring (bicyclic) bond motifs is 1. The molecular weight excluding hydrogens is 300 g/mol. The van der Waals surface area contributed by atoms with Crippen molar-refractivity contribution in [1.29, 1.82) is 0 Å². The molecule has 2 aliphatic heterocycles. The van der Waals surface area contributed by atoms with E-state index in [4.69, 9.17) is 9.47 Å². The monoisotopic (exact) mass is 310 g/mol. The number of rotatable bonds is 2. The van der Waals surface area contributed by atoms with Gasteiger partial charge in [-0.2, -0.15) is 8.42 Å². The Bertz CT molecular complexity index is 781. The van der Waals surface area contributed by atoms with Crippen molar-refractivity contribution in [3.8, 4) is 11.5 Å². The second-order valence-electron chi connectivity index (χ2n) is 4.17. The maximum Gasteiger partial charge on any atom is 0.355 e. The maximum atomic E-state index is 11.7. The summed E-state index contributed by atoms with van der Waals surface area (Å²) in [6.07, 6.45) is 1.30. The van der Waals surface area contributed by atoms with E-state index >= 15 is 0 Å². The van der Waals surface area contributed by atoms with Gasteiger partial charge in [0, 0.05) is 5.56 Å². The molecule has 0 unspecified atom stereocenters. The third-order valence-electron chi connectivity index (χ3n) is 2.81. The third kappa shape index (κ3) is 2.55. The molecule has 1 N–H and O–H groups in total. The molecule has 1 aromatic rings. The highest BCUT2D eigenvalue weighted by atomic mass is 32.2. The second-order valence-corrected chi connectivity index (χ2v) is 5.51. The van der Waals surface area contributed by atoms with E-state index in [-0.39, 0.29) is 18.2 Å². The number of benzene rings is 1. The van der Waals surface area contributed by atoms with Crippen molar-refractivity contribution in [3.05, 3.63) is 35.5 Å². The van der Waals surface area contributed by atoms with E-state index in [0.717, 1.165) is 7.11 Å². The Kier molecular flexibility index (Phi) is 3.05. The van der Waals surface area contributed by atoms with Crippen LogP contribution < -0.4 is 14.2 Å². The zero-order chi connectivity index (χ0) is 15.0. The normalized spacial score (nSPS) is 18.3. The highest BCUT2D eigenvalue weighted by Crippen LogP contribution is 2.33. The molecule has 0 saturated heterocycles. The Balaban J connectivity index is 2.05. The van der Waals surface area contributed by atoms with Crippen LogP contribution in [0.3, 0.4) is 0 Å². The number of hydrogen-bond acceptors (Lipinski definition) is 6. The van der Waals surface area contributed by atoms with Gasteiger partial charge in [-0.25, -0.2) is 4.79 Å². The van der Waals surface area contributed by atoms with Gasteiger partial charge >= 0.3 is 16.2 Å². The third-order valence-corrected chi connectivity index (χ3v) is 3.73. The molecule has 0 spiro atoms. The van der Waals surface area contributed by atoms with Crippen LogP contribution in [0.15, 0.2) is 34.4 Å². The fourth-order valence-corrected chi connectivity index (χ4v) is 2.77. The number of hydrogen-bond donors (Lipinski definition) is 1. The molecule has 1 aromatic carbocycles. The van der Waals surface area contributed by atoms with Gasteiger partial charge in [0.15, 0.2) is 11.5 Å². The van der Waals surface area contributed by atoms with E-state index in [1.165, 1.54) is 6.08 Å². The summed E-state index contributed by atoms with van der Waals surface area (Å²) < 4.78 is 43.9. The molecule has 9 heteroatoms. The van der Waals surface area contributed by atoms with Crippen LogP contribution in [0.4, 0.5) is 0 Å². The first kappa shape index (κ1) is 13.4. The van der Waals surface area contributed by atoms with Gasteiger partial charge in [-0.15, -0.1) is 4.40 Å². The summed E-state index contributed by atoms with van der Waals surface area (Å²) in [6.45, 7) is 0.106. The van der Waals surface area contributed by atoms with Crippen LogP contribution in [-0.4, -0.2) is 34.0 Å². The van der Waals surface area contributed by atoms with Crippen LogP contribution in [0.2, 0.25) is 0 Å². The number of nitrogens with zero attached hydrogens (tertiary/aromatic N) is 1. The first-order valence-electron chi connectivity index (χ1n) is 5.81. The van der Waals surface area contributed by atoms with E-state index in [0.29, 0.717) is 17.1 Å². The molecule has 3 rings (SSSR count). The van der Waals surface area contributed by atoms with E-state index in [1.54, 1.807) is 18.2 Å². The molecule has 2 heterocycles. The van der Waals surface area contributed by atoms with Gasteiger partial charge in [0.25, 0.3) is 0 Å². The van der Waals surface area contributed by atoms with Crippen LogP contribution in [0.5, 0.6) is 11.5 Å². The molecule has 8 nitrogen and oxygen atoms in total. The number of carbonyl (C=O) groups is 1. The van der Waals surface area contributed by atoms with E-state index in [1.807, 2.05) is 4.72 Å². The summed E-state index contributed by atoms with van der Waals surface area (Å²) in [6, 6.07) is 4.85. The molecule has 0 aromatic heterocycles. The van der Waals surface area contributed by atoms with E-state index < -0.39 is 16.2 Å². The van der Waals surface area contributed by atoms with Gasteiger partial charge in [-0.1, -0.05) is 0 Å². The Hall–Kier alpha value is -2.55. The molecule has 21 heavy (non-hydrogen) atoms. The first-order chi connectivity index (χ1) is 9.98.